The second kappa shape index (κ2) is 6.60. The molecule has 0 atom stereocenters. The van der Waals surface area contributed by atoms with Crippen LogP contribution in [0.2, 0.25) is 0 Å². The van der Waals surface area contributed by atoms with Gasteiger partial charge in [0.15, 0.2) is 0 Å². The molecule has 0 saturated heterocycles. The van der Waals surface area contributed by atoms with E-state index < -0.39 is 0 Å². The molecule has 0 radical (unpaired) electrons. The predicted molar refractivity (Wildman–Crippen MR) is 90.7 cm³/mol. The highest BCUT2D eigenvalue weighted by Crippen LogP contribution is 2.21. The third kappa shape index (κ3) is 3.73. The molecular formula is C17H18N2O4S. The zero-order valence-corrected chi connectivity index (χ0v) is 14.3. The molecule has 1 heterocycles. The average molecular weight is 346 g/mol. The zero-order chi connectivity index (χ0) is 17.3. The Balaban J connectivity index is 1.77. The maximum atomic E-state index is 12.2. The molecule has 7 heteroatoms. The summed E-state index contributed by atoms with van der Waals surface area (Å²) in [6.45, 7) is 3.50. The monoisotopic (exact) mass is 346 g/mol. The lowest BCUT2D eigenvalue weighted by atomic mass is 10.2. The van der Waals surface area contributed by atoms with Crippen molar-refractivity contribution >= 4 is 23.2 Å². The third-order valence-corrected chi connectivity index (χ3v) is 4.87. The first kappa shape index (κ1) is 16.4. The van der Waals surface area contributed by atoms with Crippen molar-refractivity contribution in [1.29, 1.82) is 0 Å². The van der Waals surface area contributed by atoms with E-state index in [4.69, 9.17) is 4.74 Å². The minimum Gasteiger partial charge on any atom is -0.427 e. The fraction of sp³-hybridized carbons (Fsp3) is 0.353. The zero-order valence-electron chi connectivity index (χ0n) is 13.5. The maximum Gasteiger partial charge on any atom is 0.308 e. The molecule has 3 rings (SSSR count). The van der Waals surface area contributed by atoms with E-state index in [1.807, 2.05) is 0 Å². The van der Waals surface area contributed by atoms with Crippen LogP contribution >= 0.6 is 11.3 Å². The van der Waals surface area contributed by atoms with Crippen LogP contribution in [0.15, 0.2) is 29.1 Å². The number of carbonyl (C=O) groups excluding carboxylic acids is 2. The molecule has 0 bridgehead atoms. The van der Waals surface area contributed by atoms with Crippen LogP contribution in [-0.4, -0.2) is 22.5 Å². The number of carbonyl (C=O) groups is 2. The first-order chi connectivity index (χ1) is 11.4. The number of rotatable bonds is 5. The van der Waals surface area contributed by atoms with Gasteiger partial charge in [0.1, 0.15) is 10.6 Å². The van der Waals surface area contributed by atoms with E-state index in [0.29, 0.717) is 22.9 Å². The predicted octanol–water partition coefficient (Wildman–Crippen LogP) is 2.08. The summed E-state index contributed by atoms with van der Waals surface area (Å²) in [5.41, 5.74) is 1.57. The number of hydrogen-bond donors (Lipinski definition) is 1. The summed E-state index contributed by atoms with van der Waals surface area (Å²) in [6, 6.07) is 7.22. The number of thiazole rings is 1. The average Bonchev–Trinajstić information content (AvgIpc) is 3.29. The van der Waals surface area contributed by atoms with Crippen LogP contribution in [0, 0.1) is 6.92 Å². The van der Waals surface area contributed by atoms with Crippen LogP contribution in [0.1, 0.15) is 40.7 Å². The molecule has 6 nitrogen and oxygen atoms in total. The van der Waals surface area contributed by atoms with Gasteiger partial charge in [-0.2, -0.15) is 0 Å². The Bertz CT molecular complexity index is 831. The number of ether oxygens (including phenoxy) is 1. The van der Waals surface area contributed by atoms with E-state index in [1.165, 1.54) is 6.92 Å². The normalized spacial score (nSPS) is 13.6. The Hall–Kier alpha value is -2.41. The summed E-state index contributed by atoms with van der Waals surface area (Å²) < 4.78 is 6.58. The number of nitrogens with zero attached hydrogens (tertiary/aromatic N) is 1. The van der Waals surface area contributed by atoms with Gasteiger partial charge in [0, 0.05) is 18.7 Å². The topological polar surface area (TPSA) is 77.4 Å². The Morgan fingerprint density at radius 1 is 1.29 bits per heavy atom. The molecule has 1 aromatic heterocycles. The lowest BCUT2D eigenvalue weighted by Crippen LogP contribution is -2.25. The van der Waals surface area contributed by atoms with Gasteiger partial charge < -0.3 is 10.1 Å². The second-order valence-electron chi connectivity index (χ2n) is 5.85. The SMILES string of the molecule is CC(=O)Oc1ccc(Cn2c(C)c(C(=O)NC3CC3)sc2=O)cc1. The van der Waals surface area contributed by atoms with E-state index in [0.717, 1.165) is 29.7 Å². The van der Waals surface area contributed by atoms with Crippen molar-refractivity contribution in [2.24, 2.45) is 0 Å². The Morgan fingerprint density at radius 2 is 1.96 bits per heavy atom. The number of amides is 1. The van der Waals surface area contributed by atoms with Gasteiger partial charge in [0.25, 0.3) is 5.91 Å². The van der Waals surface area contributed by atoms with Gasteiger partial charge in [-0.25, -0.2) is 0 Å². The highest BCUT2D eigenvalue weighted by molar-refractivity contribution is 7.11. The van der Waals surface area contributed by atoms with Gasteiger partial charge in [0.05, 0.1) is 6.54 Å². The van der Waals surface area contributed by atoms with Gasteiger partial charge in [0.2, 0.25) is 0 Å². The van der Waals surface area contributed by atoms with E-state index in [1.54, 1.807) is 35.8 Å². The van der Waals surface area contributed by atoms with E-state index in [9.17, 15) is 14.4 Å². The lowest BCUT2D eigenvalue weighted by Gasteiger charge is -2.07. The summed E-state index contributed by atoms with van der Waals surface area (Å²) >= 11 is 0.976. The van der Waals surface area contributed by atoms with Gasteiger partial charge in [-0.05, 0) is 37.5 Å². The molecule has 1 amide bonds. The molecule has 1 aromatic carbocycles. The number of benzene rings is 1. The molecule has 126 valence electrons. The van der Waals surface area contributed by atoms with Crippen LogP contribution in [0.4, 0.5) is 0 Å². The second-order valence-corrected chi connectivity index (χ2v) is 6.82. The fourth-order valence-corrected chi connectivity index (χ4v) is 3.26. The third-order valence-electron chi connectivity index (χ3n) is 3.79. The van der Waals surface area contributed by atoms with Crippen LogP contribution < -0.4 is 14.9 Å². The Labute approximate surface area is 143 Å². The molecule has 0 aliphatic heterocycles. The smallest absolute Gasteiger partial charge is 0.308 e. The van der Waals surface area contributed by atoms with Crippen LogP contribution in [0.5, 0.6) is 5.75 Å². The van der Waals surface area contributed by atoms with Crippen LogP contribution in [-0.2, 0) is 11.3 Å². The summed E-state index contributed by atoms with van der Waals surface area (Å²) in [6.07, 6.45) is 2.02. The van der Waals surface area contributed by atoms with Gasteiger partial charge in [-0.3, -0.25) is 19.0 Å². The summed E-state index contributed by atoms with van der Waals surface area (Å²) in [7, 11) is 0. The Morgan fingerprint density at radius 3 is 2.54 bits per heavy atom. The maximum absolute atomic E-state index is 12.2. The fourth-order valence-electron chi connectivity index (χ4n) is 2.36. The minimum absolute atomic E-state index is 0.155. The molecular weight excluding hydrogens is 328 g/mol. The van der Waals surface area contributed by atoms with Crippen molar-refractivity contribution < 1.29 is 14.3 Å². The largest absolute Gasteiger partial charge is 0.427 e. The summed E-state index contributed by atoms with van der Waals surface area (Å²) in [4.78, 5) is 35.6. The van der Waals surface area contributed by atoms with Gasteiger partial charge in [-0.15, -0.1) is 0 Å². The molecule has 1 N–H and O–H groups in total. The molecule has 1 fully saturated rings. The van der Waals surface area contributed by atoms with E-state index in [2.05, 4.69) is 5.32 Å². The van der Waals surface area contributed by atoms with Gasteiger partial charge >= 0.3 is 10.8 Å². The minimum atomic E-state index is -0.376. The molecule has 24 heavy (non-hydrogen) atoms. The number of esters is 1. The van der Waals surface area contributed by atoms with Crippen LogP contribution in [0.3, 0.4) is 0 Å². The Kier molecular flexibility index (Phi) is 4.53. The van der Waals surface area contributed by atoms with E-state index in [-0.39, 0.29) is 22.8 Å². The first-order valence-corrected chi connectivity index (χ1v) is 8.54. The highest BCUT2D eigenvalue weighted by atomic mass is 32.1. The summed E-state index contributed by atoms with van der Waals surface area (Å²) in [5.74, 6) is -0.0786. The van der Waals surface area contributed by atoms with Crippen molar-refractivity contribution in [2.75, 3.05) is 0 Å². The van der Waals surface area contributed by atoms with Crippen molar-refractivity contribution in [3.05, 3.63) is 50.1 Å². The first-order valence-electron chi connectivity index (χ1n) is 7.72. The highest BCUT2D eigenvalue weighted by Gasteiger charge is 2.26. The molecule has 1 saturated carbocycles. The molecule has 1 aliphatic carbocycles. The molecule has 2 aromatic rings. The van der Waals surface area contributed by atoms with Crippen molar-refractivity contribution in [3.8, 4) is 5.75 Å². The molecule has 0 spiro atoms. The quantitative estimate of drug-likeness (QED) is 0.664. The number of nitrogens with one attached hydrogen (secondary N) is 1. The number of hydrogen-bond acceptors (Lipinski definition) is 5. The van der Waals surface area contributed by atoms with Crippen molar-refractivity contribution in [3.63, 3.8) is 0 Å². The number of aromatic nitrogens is 1. The van der Waals surface area contributed by atoms with Crippen molar-refractivity contribution in [2.45, 2.75) is 39.3 Å². The van der Waals surface area contributed by atoms with Gasteiger partial charge in [-0.1, -0.05) is 23.5 Å². The van der Waals surface area contributed by atoms with Crippen molar-refractivity contribution in [1.82, 2.24) is 9.88 Å². The molecule has 1 aliphatic rings. The van der Waals surface area contributed by atoms with E-state index >= 15 is 0 Å². The lowest BCUT2D eigenvalue weighted by molar-refractivity contribution is -0.131. The molecule has 0 unspecified atom stereocenters. The standard InChI is InChI=1S/C17H18N2O4S/c1-10-15(16(21)18-13-5-6-13)24-17(22)19(10)9-12-3-7-14(8-4-12)23-11(2)20/h3-4,7-8,13H,5-6,9H2,1-2H3,(H,18,21). The summed E-state index contributed by atoms with van der Waals surface area (Å²) in [5, 5.41) is 2.91. The van der Waals surface area contributed by atoms with Crippen LogP contribution in [0.25, 0.3) is 0 Å².